The fourth-order valence-corrected chi connectivity index (χ4v) is 1.98. The molecule has 0 saturated heterocycles. The highest BCUT2D eigenvalue weighted by atomic mass is 35.5. The molecule has 0 spiro atoms. The third-order valence-electron chi connectivity index (χ3n) is 1.86. The average Bonchev–Trinajstić information content (AvgIpc) is 2.09. The van der Waals surface area contributed by atoms with Crippen molar-refractivity contribution in [1.29, 1.82) is 0 Å². The molecular formula is C12H14Cl2Si. The second-order valence-corrected chi connectivity index (χ2v) is 10.1. The van der Waals surface area contributed by atoms with Gasteiger partial charge in [-0.1, -0.05) is 48.8 Å². The molecule has 1 aromatic carbocycles. The van der Waals surface area contributed by atoms with E-state index in [9.17, 15) is 0 Å². The Balaban J connectivity index is 3.12. The average molecular weight is 257 g/mol. The van der Waals surface area contributed by atoms with E-state index in [1.165, 1.54) is 0 Å². The first kappa shape index (κ1) is 12.6. The van der Waals surface area contributed by atoms with Gasteiger partial charge < -0.3 is 0 Å². The molecule has 0 fully saturated rings. The van der Waals surface area contributed by atoms with Gasteiger partial charge in [0, 0.05) is 15.6 Å². The smallest absolute Gasteiger partial charge is 0.127 e. The molecule has 1 rings (SSSR count). The maximum atomic E-state index is 6.03. The highest BCUT2D eigenvalue weighted by Gasteiger charge is 2.08. The first-order valence-electron chi connectivity index (χ1n) is 4.78. The van der Waals surface area contributed by atoms with Crippen LogP contribution in [0, 0.1) is 18.4 Å². The standard InChI is InChI=1S/C12H14Cl2Si/c1-9-11(13)7-10(8-12(9)14)5-6-15(2,3)4/h7-8H,1-4H3. The van der Waals surface area contributed by atoms with Crippen LogP contribution in [0.4, 0.5) is 0 Å². The summed E-state index contributed by atoms with van der Waals surface area (Å²) in [7, 11) is -1.34. The summed E-state index contributed by atoms with van der Waals surface area (Å²) in [5, 5.41) is 1.37. The van der Waals surface area contributed by atoms with E-state index in [1.54, 1.807) is 0 Å². The molecular weight excluding hydrogens is 243 g/mol. The predicted octanol–water partition coefficient (Wildman–Crippen LogP) is 4.53. The molecule has 0 unspecified atom stereocenters. The lowest BCUT2D eigenvalue weighted by atomic mass is 10.1. The van der Waals surface area contributed by atoms with E-state index in [0.29, 0.717) is 10.0 Å². The van der Waals surface area contributed by atoms with Gasteiger partial charge in [0.05, 0.1) is 0 Å². The lowest BCUT2D eigenvalue weighted by Crippen LogP contribution is -2.16. The molecule has 0 heterocycles. The van der Waals surface area contributed by atoms with Crippen molar-refractivity contribution in [2.45, 2.75) is 26.6 Å². The number of benzene rings is 1. The van der Waals surface area contributed by atoms with Crippen LogP contribution >= 0.6 is 23.2 Å². The monoisotopic (exact) mass is 256 g/mol. The van der Waals surface area contributed by atoms with Crippen LogP contribution in [0.3, 0.4) is 0 Å². The van der Waals surface area contributed by atoms with Gasteiger partial charge >= 0.3 is 0 Å². The Labute approximate surface area is 103 Å². The van der Waals surface area contributed by atoms with E-state index < -0.39 is 8.07 Å². The second-order valence-electron chi connectivity index (χ2n) is 4.56. The van der Waals surface area contributed by atoms with E-state index in [1.807, 2.05) is 19.1 Å². The fourth-order valence-electron chi connectivity index (χ4n) is 0.977. The summed E-state index contributed by atoms with van der Waals surface area (Å²) in [6, 6.07) is 3.74. The zero-order valence-electron chi connectivity index (χ0n) is 9.41. The molecule has 3 heteroatoms. The molecule has 0 aliphatic heterocycles. The molecule has 0 nitrogen and oxygen atoms in total. The van der Waals surface area contributed by atoms with Gasteiger partial charge in [0.15, 0.2) is 0 Å². The first-order valence-corrected chi connectivity index (χ1v) is 9.04. The lowest BCUT2D eigenvalue weighted by Gasteiger charge is -2.05. The highest BCUT2D eigenvalue weighted by Crippen LogP contribution is 2.25. The van der Waals surface area contributed by atoms with E-state index in [2.05, 4.69) is 31.1 Å². The van der Waals surface area contributed by atoms with Crippen molar-refractivity contribution in [3.05, 3.63) is 33.3 Å². The van der Waals surface area contributed by atoms with Crippen molar-refractivity contribution >= 4 is 31.3 Å². The van der Waals surface area contributed by atoms with Crippen molar-refractivity contribution in [1.82, 2.24) is 0 Å². The molecule has 15 heavy (non-hydrogen) atoms. The van der Waals surface area contributed by atoms with Crippen molar-refractivity contribution < 1.29 is 0 Å². The Hall–Kier alpha value is -0.423. The molecule has 0 amide bonds. The van der Waals surface area contributed by atoms with Gasteiger partial charge in [-0.15, -0.1) is 5.54 Å². The van der Waals surface area contributed by atoms with E-state index in [-0.39, 0.29) is 0 Å². The quantitative estimate of drug-likeness (QED) is 0.473. The predicted molar refractivity (Wildman–Crippen MR) is 71.4 cm³/mol. The molecule has 0 atom stereocenters. The van der Waals surface area contributed by atoms with Crippen molar-refractivity contribution in [2.24, 2.45) is 0 Å². The van der Waals surface area contributed by atoms with Crippen LogP contribution in [0.1, 0.15) is 11.1 Å². The Bertz CT molecular complexity index is 410. The topological polar surface area (TPSA) is 0 Å². The minimum absolute atomic E-state index is 0.683. The summed E-state index contributed by atoms with van der Waals surface area (Å²) in [4.78, 5) is 0. The molecule has 1 aromatic rings. The number of rotatable bonds is 0. The van der Waals surface area contributed by atoms with Crippen LogP contribution in [0.25, 0.3) is 0 Å². The zero-order valence-corrected chi connectivity index (χ0v) is 11.9. The van der Waals surface area contributed by atoms with E-state index >= 15 is 0 Å². The molecule has 0 aromatic heterocycles. The molecule has 0 N–H and O–H groups in total. The number of halogens is 2. The van der Waals surface area contributed by atoms with Gasteiger partial charge in [-0.3, -0.25) is 0 Å². The van der Waals surface area contributed by atoms with Crippen LogP contribution in [0.15, 0.2) is 12.1 Å². The fraction of sp³-hybridized carbons (Fsp3) is 0.333. The summed E-state index contributed by atoms with van der Waals surface area (Å²) < 4.78 is 0. The minimum atomic E-state index is -1.34. The molecule has 0 aliphatic rings. The largest absolute Gasteiger partial charge is 0.129 e. The zero-order chi connectivity index (χ0) is 11.6. The number of hydrogen-bond donors (Lipinski definition) is 0. The third kappa shape index (κ3) is 3.91. The van der Waals surface area contributed by atoms with Crippen LogP contribution < -0.4 is 0 Å². The Morgan fingerprint density at radius 2 is 1.53 bits per heavy atom. The Morgan fingerprint density at radius 3 is 1.93 bits per heavy atom. The minimum Gasteiger partial charge on any atom is -0.127 e. The van der Waals surface area contributed by atoms with Gasteiger partial charge in [0.25, 0.3) is 0 Å². The SMILES string of the molecule is Cc1c(Cl)cc(C#C[Si](C)(C)C)cc1Cl. The van der Waals surface area contributed by atoms with E-state index in [0.717, 1.165) is 11.1 Å². The van der Waals surface area contributed by atoms with Crippen molar-refractivity contribution in [3.63, 3.8) is 0 Å². The normalized spacial score (nSPS) is 10.8. The van der Waals surface area contributed by atoms with Gasteiger partial charge in [0.2, 0.25) is 0 Å². The summed E-state index contributed by atoms with van der Waals surface area (Å²) in [5.41, 5.74) is 5.10. The molecule has 0 aliphatic carbocycles. The van der Waals surface area contributed by atoms with Crippen LogP contribution in [-0.2, 0) is 0 Å². The van der Waals surface area contributed by atoms with Crippen molar-refractivity contribution in [3.8, 4) is 11.5 Å². The summed E-state index contributed by atoms with van der Waals surface area (Å²) in [6.45, 7) is 8.52. The summed E-state index contributed by atoms with van der Waals surface area (Å²) in [5.74, 6) is 3.14. The first-order chi connectivity index (χ1) is 6.79. The number of hydrogen-bond acceptors (Lipinski definition) is 0. The molecule has 0 saturated carbocycles. The van der Waals surface area contributed by atoms with Crippen LogP contribution in [0.2, 0.25) is 29.7 Å². The molecule has 0 radical (unpaired) electrons. The molecule has 80 valence electrons. The molecule has 0 bridgehead atoms. The van der Waals surface area contributed by atoms with Crippen LogP contribution in [-0.4, -0.2) is 8.07 Å². The maximum absolute atomic E-state index is 6.03. The Kier molecular flexibility index (Phi) is 3.89. The maximum Gasteiger partial charge on any atom is 0.129 e. The Morgan fingerprint density at radius 1 is 1.07 bits per heavy atom. The van der Waals surface area contributed by atoms with Gasteiger partial charge in [0.1, 0.15) is 8.07 Å². The van der Waals surface area contributed by atoms with Gasteiger partial charge in [-0.2, -0.15) is 0 Å². The highest BCUT2D eigenvalue weighted by molar-refractivity contribution is 6.83. The summed E-state index contributed by atoms with van der Waals surface area (Å²) in [6.07, 6.45) is 0. The van der Waals surface area contributed by atoms with Gasteiger partial charge in [-0.25, -0.2) is 0 Å². The van der Waals surface area contributed by atoms with Gasteiger partial charge in [-0.05, 0) is 24.6 Å². The van der Waals surface area contributed by atoms with Crippen LogP contribution in [0.5, 0.6) is 0 Å². The third-order valence-corrected chi connectivity index (χ3v) is 3.52. The van der Waals surface area contributed by atoms with Crippen molar-refractivity contribution in [2.75, 3.05) is 0 Å². The summed E-state index contributed by atoms with van der Waals surface area (Å²) >= 11 is 12.1. The van der Waals surface area contributed by atoms with E-state index in [4.69, 9.17) is 23.2 Å². The second kappa shape index (κ2) is 4.61. The lowest BCUT2D eigenvalue weighted by molar-refractivity contribution is 1.46.